The first-order valence-corrected chi connectivity index (χ1v) is 6.62. The zero-order valence-electron chi connectivity index (χ0n) is 9.71. The van der Waals surface area contributed by atoms with Gasteiger partial charge in [0.2, 0.25) is 0 Å². The summed E-state index contributed by atoms with van der Waals surface area (Å²) < 4.78 is 0. The van der Waals surface area contributed by atoms with Crippen molar-refractivity contribution in [1.29, 1.82) is 0 Å². The number of benzene rings is 2. The fourth-order valence-electron chi connectivity index (χ4n) is 1.81. The minimum Gasteiger partial charge on any atom is -0.355 e. The van der Waals surface area contributed by atoms with Crippen molar-refractivity contribution in [2.45, 2.75) is 0 Å². The molecule has 0 amide bonds. The lowest BCUT2D eigenvalue weighted by atomic mass is 10.1. The molecule has 0 atom stereocenters. The largest absolute Gasteiger partial charge is 0.355 e. The molecule has 3 aromatic rings. The summed E-state index contributed by atoms with van der Waals surface area (Å²) >= 11 is 1.65. The average molecular weight is 252 g/mol. The maximum Gasteiger partial charge on any atom is 0.125 e. The van der Waals surface area contributed by atoms with Crippen LogP contribution in [0.25, 0.3) is 10.6 Å². The van der Waals surface area contributed by atoms with Crippen molar-refractivity contribution in [3.8, 4) is 10.6 Å². The van der Waals surface area contributed by atoms with Crippen molar-refractivity contribution in [2.24, 2.45) is 0 Å². The normalized spacial score (nSPS) is 10.2. The molecule has 88 valence electrons. The summed E-state index contributed by atoms with van der Waals surface area (Å²) in [5, 5.41) is 6.46. The molecule has 0 saturated carbocycles. The lowest BCUT2D eigenvalue weighted by Gasteiger charge is -2.10. The minimum atomic E-state index is 1.04. The number of hydrogen-bond acceptors (Lipinski definition) is 3. The number of thiazole rings is 1. The highest BCUT2D eigenvalue weighted by Crippen LogP contribution is 2.31. The Labute approximate surface area is 110 Å². The number of nitrogens with one attached hydrogen (secondary N) is 1. The highest BCUT2D eigenvalue weighted by molar-refractivity contribution is 7.13. The number of hydrogen-bond donors (Lipinski definition) is 1. The van der Waals surface area contributed by atoms with Gasteiger partial charge in [-0.3, -0.25) is 0 Å². The molecule has 1 heterocycles. The van der Waals surface area contributed by atoms with Crippen LogP contribution >= 0.6 is 11.3 Å². The van der Waals surface area contributed by atoms with Crippen molar-refractivity contribution in [1.82, 2.24) is 4.98 Å². The molecule has 0 aliphatic carbocycles. The van der Waals surface area contributed by atoms with E-state index < -0.39 is 0 Å². The number of rotatable bonds is 3. The summed E-state index contributed by atoms with van der Waals surface area (Å²) in [5.74, 6) is 0. The molecule has 0 fully saturated rings. The molecule has 0 unspecified atom stereocenters. The van der Waals surface area contributed by atoms with Crippen molar-refractivity contribution >= 4 is 22.7 Å². The molecule has 2 aromatic carbocycles. The van der Waals surface area contributed by atoms with Crippen LogP contribution in [0, 0.1) is 0 Å². The molecule has 2 nitrogen and oxygen atoms in total. The number of aromatic nitrogens is 1. The van der Waals surface area contributed by atoms with Crippen LogP contribution in [0.5, 0.6) is 0 Å². The summed E-state index contributed by atoms with van der Waals surface area (Å²) in [6.45, 7) is 0. The van der Waals surface area contributed by atoms with Gasteiger partial charge in [-0.1, -0.05) is 30.3 Å². The van der Waals surface area contributed by atoms with Gasteiger partial charge in [0.15, 0.2) is 0 Å². The molecule has 0 radical (unpaired) electrons. The Morgan fingerprint density at radius 1 is 0.889 bits per heavy atom. The van der Waals surface area contributed by atoms with E-state index in [4.69, 9.17) is 0 Å². The molecular weight excluding hydrogens is 240 g/mol. The van der Waals surface area contributed by atoms with E-state index in [9.17, 15) is 0 Å². The van der Waals surface area contributed by atoms with Crippen LogP contribution in [-0.4, -0.2) is 4.98 Å². The molecule has 0 aliphatic rings. The van der Waals surface area contributed by atoms with Crippen LogP contribution in [-0.2, 0) is 0 Å². The van der Waals surface area contributed by atoms with Crippen LogP contribution in [0.4, 0.5) is 11.4 Å². The molecule has 0 aliphatic heterocycles. The molecule has 0 bridgehead atoms. The van der Waals surface area contributed by atoms with E-state index in [1.54, 1.807) is 11.3 Å². The Kier molecular flexibility index (Phi) is 3.07. The molecule has 3 heteroatoms. The Morgan fingerprint density at radius 3 is 2.44 bits per heavy atom. The second-order valence-corrected chi connectivity index (χ2v) is 4.77. The summed E-state index contributed by atoms with van der Waals surface area (Å²) in [6.07, 6.45) is 1.83. The lowest BCUT2D eigenvalue weighted by Crippen LogP contribution is -1.92. The zero-order chi connectivity index (χ0) is 12.2. The third-order valence-corrected chi connectivity index (χ3v) is 3.45. The maximum atomic E-state index is 4.37. The first-order chi connectivity index (χ1) is 8.93. The summed E-state index contributed by atoms with van der Waals surface area (Å²) in [5.41, 5.74) is 3.30. The van der Waals surface area contributed by atoms with Crippen molar-refractivity contribution in [2.75, 3.05) is 5.32 Å². The van der Waals surface area contributed by atoms with Crippen LogP contribution in [0.3, 0.4) is 0 Å². The van der Waals surface area contributed by atoms with Gasteiger partial charge in [-0.15, -0.1) is 11.3 Å². The minimum absolute atomic E-state index is 1.04. The first kappa shape index (κ1) is 11.0. The van der Waals surface area contributed by atoms with Crippen LogP contribution in [0.1, 0.15) is 0 Å². The Balaban J connectivity index is 1.98. The van der Waals surface area contributed by atoms with Gasteiger partial charge in [0.05, 0.1) is 0 Å². The topological polar surface area (TPSA) is 24.9 Å². The van der Waals surface area contributed by atoms with E-state index in [0.29, 0.717) is 0 Å². The Morgan fingerprint density at radius 2 is 1.67 bits per heavy atom. The van der Waals surface area contributed by atoms with E-state index >= 15 is 0 Å². The van der Waals surface area contributed by atoms with Crippen molar-refractivity contribution < 1.29 is 0 Å². The van der Waals surface area contributed by atoms with Gasteiger partial charge in [-0.25, -0.2) is 4.98 Å². The predicted octanol–water partition coefficient (Wildman–Crippen LogP) is 4.55. The molecule has 1 aromatic heterocycles. The summed E-state index contributed by atoms with van der Waals surface area (Å²) in [6, 6.07) is 18.4. The van der Waals surface area contributed by atoms with E-state index in [1.807, 2.05) is 41.9 Å². The van der Waals surface area contributed by atoms with Crippen molar-refractivity contribution in [3.63, 3.8) is 0 Å². The standard InChI is InChI=1S/C15H12N2S/c1-2-6-12(7-3-1)17-14-9-5-4-8-13(14)15-16-10-11-18-15/h1-11,17H. The van der Waals surface area contributed by atoms with E-state index in [-0.39, 0.29) is 0 Å². The number of para-hydroxylation sites is 2. The molecule has 0 saturated heterocycles. The van der Waals surface area contributed by atoms with Gasteiger partial charge in [0.25, 0.3) is 0 Å². The third-order valence-electron chi connectivity index (χ3n) is 2.64. The second-order valence-electron chi connectivity index (χ2n) is 3.87. The van der Waals surface area contributed by atoms with Crippen LogP contribution in [0.2, 0.25) is 0 Å². The predicted molar refractivity (Wildman–Crippen MR) is 77.3 cm³/mol. The van der Waals surface area contributed by atoms with Crippen molar-refractivity contribution in [3.05, 3.63) is 66.2 Å². The van der Waals surface area contributed by atoms with E-state index in [1.165, 1.54) is 0 Å². The molecule has 1 N–H and O–H groups in total. The number of anilines is 2. The Hall–Kier alpha value is -2.13. The molecular formula is C15H12N2S. The molecule has 0 spiro atoms. The maximum absolute atomic E-state index is 4.37. The van der Waals surface area contributed by atoms with Gasteiger partial charge >= 0.3 is 0 Å². The van der Waals surface area contributed by atoms with Gasteiger partial charge in [0, 0.05) is 28.5 Å². The summed E-state index contributed by atoms with van der Waals surface area (Å²) in [7, 11) is 0. The van der Waals surface area contributed by atoms with E-state index in [0.717, 1.165) is 21.9 Å². The lowest BCUT2D eigenvalue weighted by molar-refractivity contribution is 1.41. The quantitative estimate of drug-likeness (QED) is 0.739. The zero-order valence-corrected chi connectivity index (χ0v) is 10.5. The van der Waals surface area contributed by atoms with Crippen LogP contribution < -0.4 is 5.32 Å². The van der Waals surface area contributed by atoms with E-state index in [2.05, 4.69) is 34.6 Å². The van der Waals surface area contributed by atoms with Gasteiger partial charge < -0.3 is 5.32 Å². The fraction of sp³-hybridized carbons (Fsp3) is 0. The third kappa shape index (κ3) is 2.26. The molecule has 18 heavy (non-hydrogen) atoms. The van der Waals surface area contributed by atoms with Gasteiger partial charge in [-0.2, -0.15) is 0 Å². The highest BCUT2D eigenvalue weighted by atomic mass is 32.1. The van der Waals surface area contributed by atoms with Gasteiger partial charge in [-0.05, 0) is 24.3 Å². The fourth-order valence-corrected chi connectivity index (χ4v) is 2.49. The summed E-state index contributed by atoms with van der Waals surface area (Å²) in [4.78, 5) is 4.37. The number of nitrogens with zero attached hydrogens (tertiary/aromatic N) is 1. The van der Waals surface area contributed by atoms with Gasteiger partial charge in [0.1, 0.15) is 5.01 Å². The second kappa shape index (κ2) is 5.02. The SMILES string of the molecule is c1ccc(Nc2ccccc2-c2nccs2)cc1. The smallest absolute Gasteiger partial charge is 0.125 e. The first-order valence-electron chi connectivity index (χ1n) is 5.74. The average Bonchev–Trinajstić information content (AvgIpc) is 2.94. The molecule has 3 rings (SSSR count). The van der Waals surface area contributed by atoms with Crippen LogP contribution in [0.15, 0.2) is 66.2 Å². The Bertz CT molecular complexity index is 618. The monoisotopic (exact) mass is 252 g/mol. The highest BCUT2D eigenvalue weighted by Gasteiger charge is 2.06.